The second-order valence-corrected chi connectivity index (χ2v) is 17.9. The van der Waals surface area contributed by atoms with E-state index in [0.29, 0.717) is 0 Å². The minimum atomic E-state index is 1.10. The van der Waals surface area contributed by atoms with Crippen LogP contribution in [0.2, 0.25) is 0 Å². The summed E-state index contributed by atoms with van der Waals surface area (Å²) in [5.41, 5.74) is 19.8. The van der Waals surface area contributed by atoms with Crippen molar-refractivity contribution < 1.29 is 0 Å². The molecule has 3 heteroatoms. The fourth-order valence-corrected chi connectivity index (χ4v) is 10.2. The number of para-hydroxylation sites is 4. The molecule has 2 aromatic heterocycles. The molecule has 0 aliphatic rings. The Balaban J connectivity index is 0.929. The van der Waals surface area contributed by atoms with Gasteiger partial charge < -0.3 is 14.0 Å². The summed E-state index contributed by atoms with van der Waals surface area (Å²) in [5, 5.41) is 4.91. The van der Waals surface area contributed by atoms with Gasteiger partial charge in [0.25, 0.3) is 0 Å². The van der Waals surface area contributed by atoms with Gasteiger partial charge in [0, 0.05) is 50.0 Å². The average Bonchev–Trinajstić information content (AvgIpc) is 3.94. The summed E-state index contributed by atoms with van der Waals surface area (Å²) in [6.07, 6.45) is 7.98. The van der Waals surface area contributed by atoms with E-state index in [-0.39, 0.29) is 0 Å². The van der Waals surface area contributed by atoms with Crippen LogP contribution in [0.25, 0.3) is 93.9 Å². The van der Waals surface area contributed by atoms with Gasteiger partial charge in [-0.1, -0.05) is 158 Å². The van der Waals surface area contributed by atoms with Crippen molar-refractivity contribution in [3.8, 4) is 44.8 Å². The summed E-state index contributed by atoms with van der Waals surface area (Å²) in [5.74, 6) is 0. The molecule has 0 aliphatic carbocycles. The standard InChI is InChI=1S/C67H49N3/c1-3-4-8-20-47(2)52-41-53(48-21-9-5-10-22-48)43-54(42-52)49-23-19-28-59(44-49)70-65-32-18-16-30-61(65)63-46-51(34-40-67(63)70)50-33-39-66-62(45-50)60-29-15-17-31-64(60)69(66)58-37-35-57(36-38-58)68(55-24-11-6-12-25-55)56-26-13-7-14-27-56/h3-46H,1H2,2H3/b8-4-,47-20+. The first-order chi connectivity index (χ1) is 34.6. The van der Waals surface area contributed by atoms with Crippen LogP contribution in [0.4, 0.5) is 17.1 Å². The Kier molecular flexibility index (Phi) is 10.9. The third kappa shape index (κ3) is 7.70. The molecule has 0 atom stereocenters. The van der Waals surface area contributed by atoms with Crippen LogP contribution in [-0.4, -0.2) is 9.13 Å². The lowest BCUT2D eigenvalue weighted by Gasteiger charge is -2.25. The zero-order chi connectivity index (χ0) is 47.0. The zero-order valence-corrected chi connectivity index (χ0v) is 39.0. The van der Waals surface area contributed by atoms with Gasteiger partial charge >= 0.3 is 0 Å². The van der Waals surface area contributed by atoms with Crippen molar-refractivity contribution in [2.75, 3.05) is 4.90 Å². The topological polar surface area (TPSA) is 13.1 Å². The minimum absolute atomic E-state index is 1.10. The Bertz CT molecular complexity index is 3910. The van der Waals surface area contributed by atoms with Crippen molar-refractivity contribution in [1.29, 1.82) is 0 Å². The smallest absolute Gasteiger partial charge is 0.0541 e. The highest BCUT2D eigenvalue weighted by Gasteiger charge is 2.18. The van der Waals surface area contributed by atoms with Crippen LogP contribution < -0.4 is 4.90 Å². The molecule has 0 spiro atoms. The summed E-state index contributed by atoms with van der Waals surface area (Å²) in [6, 6.07) is 88.2. The molecule has 0 saturated heterocycles. The lowest BCUT2D eigenvalue weighted by molar-refractivity contribution is 1.17. The Morgan fingerprint density at radius 2 is 0.829 bits per heavy atom. The van der Waals surface area contributed by atoms with Crippen molar-refractivity contribution in [1.82, 2.24) is 9.13 Å². The summed E-state index contributed by atoms with van der Waals surface area (Å²) < 4.78 is 4.82. The molecule has 2 heterocycles. The Morgan fingerprint density at radius 3 is 1.41 bits per heavy atom. The molecular weight excluding hydrogens is 847 g/mol. The highest BCUT2D eigenvalue weighted by molar-refractivity contribution is 6.13. The molecule has 0 fully saturated rings. The lowest BCUT2D eigenvalue weighted by Crippen LogP contribution is -2.09. The number of anilines is 3. The third-order valence-corrected chi connectivity index (χ3v) is 13.6. The van der Waals surface area contributed by atoms with E-state index in [2.05, 4.69) is 282 Å². The lowest BCUT2D eigenvalue weighted by atomic mass is 9.93. The maximum absolute atomic E-state index is 3.85. The van der Waals surface area contributed by atoms with E-state index < -0.39 is 0 Å². The maximum atomic E-state index is 3.85. The first-order valence-corrected chi connectivity index (χ1v) is 23.9. The minimum Gasteiger partial charge on any atom is -0.311 e. The molecular formula is C67H49N3. The molecule has 70 heavy (non-hydrogen) atoms. The number of hydrogen-bond donors (Lipinski definition) is 0. The Labute approximate surface area is 409 Å². The van der Waals surface area contributed by atoms with E-state index in [1.807, 2.05) is 12.2 Å². The first kappa shape index (κ1) is 42.2. The van der Waals surface area contributed by atoms with Gasteiger partial charge in [0.15, 0.2) is 0 Å². The summed E-state index contributed by atoms with van der Waals surface area (Å²) >= 11 is 0. The largest absolute Gasteiger partial charge is 0.311 e. The second-order valence-electron chi connectivity index (χ2n) is 17.9. The van der Waals surface area contributed by atoms with Crippen molar-refractivity contribution in [2.24, 2.45) is 0 Å². The zero-order valence-electron chi connectivity index (χ0n) is 39.0. The van der Waals surface area contributed by atoms with Crippen LogP contribution >= 0.6 is 0 Å². The highest BCUT2D eigenvalue weighted by Crippen LogP contribution is 2.41. The predicted molar refractivity (Wildman–Crippen MR) is 299 cm³/mol. The molecule has 12 rings (SSSR count). The van der Waals surface area contributed by atoms with E-state index in [0.717, 1.165) is 28.4 Å². The molecule has 0 unspecified atom stereocenters. The first-order valence-electron chi connectivity index (χ1n) is 23.9. The number of rotatable bonds is 11. The van der Waals surface area contributed by atoms with E-state index in [1.165, 1.54) is 88.1 Å². The predicted octanol–water partition coefficient (Wildman–Crippen LogP) is 18.5. The SMILES string of the molecule is C=C/C=C\C=C(/C)c1cc(-c2ccccc2)cc(-c2cccc(-n3c4ccccc4c4cc(-c5ccc6c(c5)c5ccccc5n6-c5ccc(N(c6ccccc6)c6ccccc6)cc5)ccc43)c2)c1. The highest BCUT2D eigenvalue weighted by atomic mass is 15.1. The second kappa shape index (κ2) is 18.1. The Hall–Kier alpha value is -9.18. The van der Waals surface area contributed by atoms with Crippen LogP contribution in [0, 0.1) is 0 Å². The molecule has 0 aliphatic heterocycles. The number of nitrogens with zero attached hydrogens (tertiary/aromatic N) is 3. The molecule has 0 N–H and O–H groups in total. The normalized spacial score (nSPS) is 11.9. The number of fused-ring (bicyclic) bond motifs is 6. The van der Waals surface area contributed by atoms with Crippen LogP contribution in [0.15, 0.2) is 274 Å². The molecule has 332 valence electrons. The van der Waals surface area contributed by atoms with Crippen molar-refractivity contribution in [3.05, 3.63) is 279 Å². The van der Waals surface area contributed by atoms with E-state index >= 15 is 0 Å². The number of hydrogen-bond acceptors (Lipinski definition) is 1. The number of aromatic nitrogens is 2. The van der Waals surface area contributed by atoms with Crippen molar-refractivity contribution >= 4 is 66.2 Å². The number of allylic oxidation sites excluding steroid dienone is 5. The molecule has 0 saturated carbocycles. The van der Waals surface area contributed by atoms with E-state index in [9.17, 15) is 0 Å². The quantitative estimate of drug-likeness (QED) is 0.118. The van der Waals surface area contributed by atoms with Gasteiger partial charge in [-0.3, -0.25) is 0 Å². The van der Waals surface area contributed by atoms with Crippen LogP contribution in [-0.2, 0) is 0 Å². The number of benzene rings is 10. The van der Waals surface area contributed by atoms with Crippen LogP contribution in [0.5, 0.6) is 0 Å². The van der Waals surface area contributed by atoms with Gasteiger partial charge in [-0.15, -0.1) is 0 Å². The van der Waals surface area contributed by atoms with Gasteiger partial charge in [-0.05, 0) is 167 Å². The fraction of sp³-hybridized carbons (Fsp3) is 0.0149. The van der Waals surface area contributed by atoms with Crippen LogP contribution in [0.1, 0.15) is 12.5 Å². The monoisotopic (exact) mass is 895 g/mol. The fourth-order valence-electron chi connectivity index (χ4n) is 10.2. The van der Waals surface area contributed by atoms with Gasteiger partial charge in [0.05, 0.1) is 22.1 Å². The van der Waals surface area contributed by atoms with Crippen molar-refractivity contribution in [2.45, 2.75) is 6.92 Å². The van der Waals surface area contributed by atoms with Gasteiger partial charge in [-0.2, -0.15) is 0 Å². The van der Waals surface area contributed by atoms with Crippen molar-refractivity contribution in [3.63, 3.8) is 0 Å². The summed E-state index contributed by atoms with van der Waals surface area (Å²) in [6.45, 7) is 6.02. The molecule has 0 bridgehead atoms. The summed E-state index contributed by atoms with van der Waals surface area (Å²) in [4.78, 5) is 2.31. The van der Waals surface area contributed by atoms with Gasteiger partial charge in [-0.25, -0.2) is 0 Å². The van der Waals surface area contributed by atoms with Gasteiger partial charge in [0.1, 0.15) is 0 Å². The van der Waals surface area contributed by atoms with Gasteiger partial charge in [0.2, 0.25) is 0 Å². The van der Waals surface area contributed by atoms with E-state index in [4.69, 9.17) is 0 Å². The summed E-state index contributed by atoms with van der Waals surface area (Å²) in [7, 11) is 0. The molecule has 0 radical (unpaired) electrons. The van der Waals surface area contributed by atoms with Crippen LogP contribution in [0.3, 0.4) is 0 Å². The van der Waals surface area contributed by atoms with E-state index in [1.54, 1.807) is 0 Å². The average molecular weight is 896 g/mol. The maximum Gasteiger partial charge on any atom is 0.0541 e. The Morgan fingerprint density at radius 1 is 0.357 bits per heavy atom. The molecule has 12 aromatic rings. The third-order valence-electron chi connectivity index (χ3n) is 13.6. The molecule has 0 amide bonds. The molecule has 10 aromatic carbocycles. The molecule has 3 nitrogen and oxygen atoms in total.